The van der Waals surface area contributed by atoms with Crippen molar-refractivity contribution in [3.63, 3.8) is 0 Å². The molecule has 1 radical (unpaired) electrons. The Balaban J connectivity index is 2.51. The smallest absolute Gasteiger partial charge is 0.0569 e. The van der Waals surface area contributed by atoms with Gasteiger partial charge in [-0.2, -0.15) is 0 Å². The van der Waals surface area contributed by atoms with Crippen LogP contribution in [0.1, 0.15) is 40.5 Å². The summed E-state index contributed by atoms with van der Waals surface area (Å²) in [4.78, 5) is 2.49. The number of aliphatic hydroxyl groups excluding tert-OH is 1. The molecule has 0 aromatic rings. The molecule has 1 aliphatic heterocycles. The van der Waals surface area contributed by atoms with Gasteiger partial charge >= 0.3 is 0 Å². The van der Waals surface area contributed by atoms with E-state index in [0.29, 0.717) is 12.1 Å². The third-order valence-corrected chi connectivity index (χ3v) is 2.86. The number of hydrogen-bond acceptors (Lipinski definition) is 2. The Hall–Kier alpha value is -0.0800. The Labute approximate surface area is 81.9 Å². The second kappa shape index (κ2) is 4.43. The van der Waals surface area contributed by atoms with Gasteiger partial charge in [0.2, 0.25) is 0 Å². The fourth-order valence-electron chi connectivity index (χ4n) is 2.27. The molecule has 2 heteroatoms. The first kappa shape index (κ1) is 11.0. The molecule has 77 valence electrons. The Morgan fingerprint density at radius 3 is 2.08 bits per heavy atom. The van der Waals surface area contributed by atoms with E-state index in [-0.39, 0.29) is 6.10 Å². The summed E-state index contributed by atoms with van der Waals surface area (Å²) in [6, 6.07) is 1.04. The number of piperidine rings is 1. The highest BCUT2D eigenvalue weighted by Crippen LogP contribution is 2.24. The lowest BCUT2D eigenvalue weighted by Gasteiger charge is -2.41. The minimum absolute atomic E-state index is 0.0848. The van der Waals surface area contributed by atoms with Gasteiger partial charge in [-0.05, 0) is 32.6 Å². The van der Waals surface area contributed by atoms with Crippen LogP contribution in [-0.4, -0.2) is 34.7 Å². The van der Waals surface area contributed by atoms with Gasteiger partial charge in [0.15, 0.2) is 0 Å². The molecule has 1 aliphatic rings. The van der Waals surface area contributed by atoms with Gasteiger partial charge in [0, 0.05) is 18.6 Å². The van der Waals surface area contributed by atoms with Gasteiger partial charge in [0.05, 0.1) is 6.10 Å². The highest BCUT2D eigenvalue weighted by atomic mass is 16.3. The summed E-state index contributed by atoms with van der Waals surface area (Å²) in [6.07, 6.45) is 1.77. The van der Waals surface area contributed by atoms with Crippen LogP contribution in [0, 0.1) is 5.92 Å². The van der Waals surface area contributed by atoms with Crippen LogP contribution in [0.3, 0.4) is 0 Å². The fourth-order valence-corrected chi connectivity index (χ4v) is 2.27. The maximum atomic E-state index is 9.57. The Kier molecular flexibility index (Phi) is 3.74. The summed E-state index contributed by atoms with van der Waals surface area (Å²) >= 11 is 0. The van der Waals surface area contributed by atoms with Gasteiger partial charge < -0.3 is 5.11 Å². The average molecular weight is 184 g/mol. The highest BCUT2D eigenvalue weighted by molar-refractivity contribution is 4.91. The standard InChI is InChI=1S/C11H22NO/c1-8(2)7-12-9(3)5-11(13)6-10(12)4/h9-11,13H,5-7H2,1-4H3. The number of likely N-dealkylation sites (tertiary alicyclic amines) is 1. The van der Waals surface area contributed by atoms with Gasteiger partial charge in [-0.15, -0.1) is 0 Å². The maximum Gasteiger partial charge on any atom is 0.0569 e. The first-order valence-electron chi connectivity index (χ1n) is 5.23. The van der Waals surface area contributed by atoms with Crippen molar-refractivity contribution in [2.45, 2.75) is 58.7 Å². The van der Waals surface area contributed by atoms with Crippen molar-refractivity contribution in [3.8, 4) is 0 Å². The first-order valence-corrected chi connectivity index (χ1v) is 5.23. The third kappa shape index (κ3) is 2.96. The fraction of sp³-hybridized carbons (Fsp3) is 0.909. The molecule has 1 rings (SSSR count). The zero-order chi connectivity index (χ0) is 10.0. The summed E-state index contributed by atoms with van der Waals surface area (Å²) in [5, 5.41) is 9.57. The maximum absolute atomic E-state index is 9.57. The Morgan fingerprint density at radius 2 is 1.69 bits per heavy atom. The van der Waals surface area contributed by atoms with E-state index in [2.05, 4.69) is 32.6 Å². The van der Waals surface area contributed by atoms with Crippen LogP contribution >= 0.6 is 0 Å². The molecule has 0 aliphatic carbocycles. The normalized spacial score (nSPS) is 36.9. The number of hydrogen-bond donors (Lipinski definition) is 1. The molecule has 0 spiro atoms. The Bertz CT molecular complexity index is 146. The zero-order valence-corrected chi connectivity index (χ0v) is 9.25. The topological polar surface area (TPSA) is 23.5 Å². The summed E-state index contributed by atoms with van der Waals surface area (Å²) in [5.74, 6) is 1.45. The van der Waals surface area contributed by atoms with Crippen LogP contribution in [-0.2, 0) is 0 Å². The van der Waals surface area contributed by atoms with E-state index >= 15 is 0 Å². The molecule has 13 heavy (non-hydrogen) atoms. The van der Waals surface area contributed by atoms with Crippen molar-refractivity contribution in [2.75, 3.05) is 6.54 Å². The first-order chi connectivity index (χ1) is 6.00. The third-order valence-electron chi connectivity index (χ3n) is 2.86. The minimum atomic E-state index is -0.0848. The second-order valence-corrected chi connectivity index (χ2v) is 4.70. The number of aliphatic hydroxyl groups is 1. The molecule has 2 atom stereocenters. The van der Waals surface area contributed by atoms with Crippen molar-refractivity contribution in [3.05, 3.63) is 5.92 Å². The van der Waals surface area contributed by atoms with Gasteiger partial charge in [0.25, 0.3) is 0 Å². The van der Waals surface area contributed by atoms with Crippen molar-refractivity contribution >= 4 is 0 Å². The molecule has 1 heterocycles. The molecular formula is C11H22NO. The van der Waals surface area contributed by atoms with E-state index in [1.165, 1.54) is 5.92 Å². The van der Waals surface area contributed by atoms with Gasteiger partial charge in [-0.25, -0.2) is 0 Å². The van der Waals surface area contributed by atoms with Crippen molar-refractivity contribution in [2.24, 2.45) is 0 Å². The van der Waals surface area contributed by atoms with E-state index in [4.69, 9.17) is 0 Å². The SMILES string of the molecule is C[C](C)CN1C(C)CC(O)CC1C. The highest BCUT2D eigenvalue weighted by Gasteiger charge is 2.29. The molecule has 0 bridgehead atoms. The van der Waals surface area contributed by atoms with E-state index in [9.17, 15) is 5.11 Å². The van der Waals surface area contributed by atoms with E-state index < -0.39 is 0 Å². The minimum Gasteiger partial charge on any atom is -0.393 e. The monoisotopic (exact) mass is 184 g/mol. The van der Waals surface area contributed by atoms with Gasteiger partial charge in [0.1, 0.15) is 0 Å². The van der Waals surface area contributed by atoms with Crippen LogP contribution in [0.25, 0.3) is 0 Å². The molecule has 2 unspecified atom stereocenters. The van der Waals surface area contributed by atoms with Crippen molar-refractivity contribution in [1.29, 1.82) is 0 Å². The number of nitrogens with zero attached hydrogens (tertiary/aromatic N) is 1. The van der Waals surface area contributed by atoms with Gasteiger partial charge in [-0.3, -0.25) is 4.90 Å². The molecular weight excluding hydrogens is 162 g/mol. The summed E-state index contributed by atoms with van der Waals surface area (Å²) < 4.78 is 0. The van der Waals surface area contributed by atoms with Crippen LogP contribution in [0.5, 0.6) is 0 Å². The molecule has 1 saturated heterocycles. The average Bonchev–Trinajstić information content (AvgIpc) is 1.96. The van der Waals surface area contributed by atoms with Crippen LogP contribution < -0.4 is 0 Å². The zero-order valence-electron chi connectivity index (χ0n) is 9.25. The largest absolute Gasteiger partial charge is 0.393 e. The molecule has 2 nitrogen and oxygen atoms in total. The van der Waals surface area contributed by atoms with Crippen molar-refractivity contribution in [1.82, 2.24) is 4.90 Å². The lowest BCUT2D eigenvalue weighted by atomic mass is 9.94. The van der Waals surface area contributed by atoms with Gasteiger partial charge in [-0.1, -0.05) is 13.8 Å². The van der Waals surface area contributed by atoms with E-state index in [1.54, 1.807) is 0 Å². The lowest BCUT2D eigenvalue weighted by molar-refractivity contribution is 0.0162. The predicted octanol–water partition coefficient (Wildman–Crippen LogP) is 1.83. The number of rotatable bonds is 2. The molecule has 1 fully saturated rings. The molecule has 0 aromatic carbocycles. The summed E-state index contributed by atoms with van der Waals surface area (Å²) in [5.41, 5.74) is 0. The molecule has 0 amide bonds. The van der Waals surface area contributed by atoms with E-state index in [1.807, 2.05) is 0 Å². The van der Waals surface area contributed by atoms with Crippen molar-refractivity contribution < 1.29 is 5.11 Å². The molecule has 0 aromatic heterocycles. The van der Waals surface area contributed by atoms with Crippen LogP contribution in [0.2, 0.25) is 0 Å². The molecule has 1 N–H and O–H groups in total. The quantitative estimate of drug-likeness (QED) is 0.708. The van der Waals surface area contributed by atoms with Crippen LogP contribution in [0.15, 0.2) is 0 Å². The second-order valence-electron chi connectivity index (χ2n) is 4.70. The molecule has 0 saturated carbocycles. The summed E-state index contributed by atoms with van der Waals surface area (Å²) in [7, 11) is 0. The Morgan fingerprint density at radius 1 is 1.23 bits per heavy atom. The lowest BCUT2D eigenvalue weighted by Crippen LogP contribution is -2.49. The van der Waals surface area contributed by atoms with E-state index in [0.717, 1.165) is 19.4 Å². The summed E-state index contributed by atoms with van der Waals surface area (Å²) in [6.45, 7) is 9.84. The van der Waals surface area contributed by atoms with Crippen LogP contribution in [0.4, 0.5) is 0 Å². The predicted molar refractivity (Wildman–Crippen MR) is 55.5 cm³/mol.